The summed E-state index contributed by atoms with van der Waals surface area (Å²) in [4.78, 5) is 1.25. The van der Waals surface area contributed by atoms with Crippen molar-refractivity contribution in [1.29, 1.82) is 0 Å². The predicted octanol–water partition coefficient (Wildman–Crippen LogP) is -0.612. The number of methoxy groups -OCH3 is 2. The largest absolute Gasteiger partial charge is 1.00 e. The highest BCUT2D eigenvalue weighted by Gasteiger charge is 2.18. The van der Waals surface area contributed by atoms with Crippen molar-refractivity contribution in [2.75, 3.05) is 14.2 Å². The summed E-state index contributed by atoms with van der Waals surface area (Å²) < 4.78 is 10.7. The lowest BCUT2D eigenvalue weighted by Gasteiger charge is -2.15. The van der Waals surface area contributed by atoms with Gasteiger partial charge in [-0.3, -0.25) is 4.90 Å². The molecule has 29 heavy (non-hydrogen) atoms. The van der Waals surface area contributed by atoms with Gasteiger partial charge >= 0.3 is 0 Å². The van der Waals surface area contributed by atoms with Crippen LogP contribution in [0.4, 0.5) is 0 Å². The van der Waals surface area contributed by atoms with Crippen molar-refractivity contribution in [2.24, 2.45) is 0 Å². The van der Waals surface area contributed by atoms with Gasteiger partial charge in [0.2, 0.25) is 0 Å². The van der Waals surface area contributed by atoms with Crippen molar-refractivity contribution < 1.29 is 36.5 Å². The summed E-state index contributed by atoms with van der Waals surface area (Å²) in [5, 5.41) is 12.8. The summed E-state index contributed by atoms with van der Waals surface area (Å²) in [6.07, 6.45) is 11.0. The monoisotopic (exact) mass is 452 g/mol. The zero-order valence-electron chi connectivity index (χ0n) is 16.4. The molecule has 2 aliphatic rings. The number of rotatable bonds is 5. The second-order valence-electron chi connectivity index (χ2n) is 6.94. The minimum atomic E-state index is 0. The van der Waals surface area contributed by atoms with Gasteiger partial charge in [0.25, 0.3) is 0 Å². The first-order chi connectivity index (χ1) is 13.7. The van der Waals surface area contributed by atoms with E-state index in [9.17, 15) is 5.11 Å². The molecule has 0 radical (unpaired) electrons. The molecule has 2 aromatic carbocycles. The lowest BCUT2D eigenvalue weighted by atomic mass is 10.1. The summed E-state index contributed by atoms with van der Waals surface area (Å²) in [6.45, 7) is 0.904. The van der Waals surface area contributed by atoms with E-state index in [4.69, 9.17) is 9.47 Å². The van der Waals surface area contributed by atoms with Crippen LogP contribution in [0.25, 0.3) is 5.76 Å². The molecule has 1 heterocycles. The lowest BCUT2D eigenvalue weighted by Crippen LogP contribution is -3.01. The standard InChI is InChI=1S/C24H23NO3.BrH/c1-27-22-14-19-13-20(24(26)21(19)15-23(22)28-2)12-17-8-10-25(11-9-17)16-18-6-4-3-5-7-18;/h3-12,14-15,26H,13,16H2,1-2H3;1H/p-1. The second kappa shape index (κ2) is 9.16. The molecule has 150 valence electrons. The highest BCUT2D eigenvalue weighted by Crippen LogP contribution is 2.38. The molecule has 0 spiro atoms. The van der Waals surface area contributed by atoms with Crippen LogP contribution >= 0.6 is 0 Å². The van der Waals surface area contributed by atoms with Gasteiger partial charge in [0.1, 0.15) is 6.54 Å². The fourth-order valence-electron chi connectivity index (χ4n) is 3.62. The van der Waals surface area contributed by atoms with Crippen LogP contribution in [0.5, 0.6) is 11.5 Å². The quantitative estimate of drug-likeness (QED) is 0.658. The molecule has 0 saturated heterocycles. The third-order valence-electron chi connectivity index (χ3n) is 5.10. The van der Waals surface area contributed by atoms with Crippen molar-refractivity contribution in [2.45, 2.75) is 13.0 Å². The van der Waals surface area contributed by atoms with Gasteiger partial charge in [-0.2, -0.15) is 0 Å². The van der Waals surface area contributed by atoms with E-state index in [-0.39, 0.29) is 22.7 Å². The predicted molar refractivity (Wildman–Crippen MR) is 108 cm³/mol. The van der Waals surface area contributed by atoms with Crippen molar-refractivity contribution in [3.63, 3.8) is 0 Å². The number of nitrogens with one attached hydrogen (secondary N) is 1. The Balaban J connectivity index is 0.00000240. The average Bonchev–Trinajstić information content (AvgIpc) is 3.03. The van der Waals surface area contributed by atoms with Crippen molar-refractivity contribution in [1.82, 2.24) is 0 Å². The SMILES string of the molecule is COc1cc2c(cc1OC)C([O-])=C(C=C1C=C[NH+](Cc3ccccc3)C=C1)C2.[Br-]. The first kappa shape index (κ1) is 21.0. The number of allylic oxidation sites excluding steroid dienone is 5. The minimum absolute atomic E-state index is 0. The molecule has 0 fully saturated rings. The summed E-state index contributed by atoms with van der Waals surface area (Å²) in [6, 6.07) is 14.1. The third kappa shape index (κ3) is 4.47. The maximum Gasteiger partial charge on any atom is 0.161 e. The van der Waals surface area contributed by atoms with Gasteiger partial charge in [-0.1, -0.05) is 47.7 Å². The fraction of sp³-hybridized carbons (Fsp3) is 0.167. The Kier molecular flexibility index (Phi) is 6.62. The van der Waals surface area contributed by atoms with E-state index in [1.54, 1.807) is 20.3 Å². The molecule has 0 aromatic heterocycles. The number of ether oxygens (including phenoxy) is 2. The highest BCUT2D eigenvalue weighted by molar-refractivity contribution is 5.75. The molecule has 5 heteroatoms. The van der Waals surface area contributed by atoms with Crippen molar-refractivity contribution in [3.05, 3.63) is 101 Å². The van der Waals surface area contributed by atoms with E-state index in [0.29, 0.717) is 23.5 Å². The maximum absolute atomic E-state index is 12.8. The van der Waals surface area contributed by atoms with Crippen LogP contribution in [-0.4, -0.2) is 14.2 Å². The van der Waals surface area contributed by atoms with Crippen LogP contribution in [0.2, 0.25) is 0 Å². The van der Waals surface area contributed by atoms with Gasteiger partial charge < -0.3 is 31.6 Å². The van der Waals surface area contributed by atoms with Crippen LogP contribution in [-0.2, 0) is 13.0 Å². The molecule has 0 saturated carbocycles. The minimum Gasteiger partial charge on any atom is -1.00 e. The van der Waals surface area contributed by atoms with Gasteiger partial charge in [-0.05, 0) is 47.4 Å². The topological polar surface area (TPSA) is 46.0 Å². The van der Waals surface area contributed by atoms with Gasteiger partial charge in [0.05, 0.1) is 26.6 Å². The molecule has 1 N–H and O–H groups in total. The molecule has 2 aromatic rings. The Morgan fingerprint density at radius 3 is 2.31 bits per heavy atom. The van der Waals surface area contributed by atoms with Gasteiger partial charge in [-0.15, -0.1) is 0 Å². The van der Waals surface area contributed by atoms with Crippen LogP contribution in [0, 0.1) is 0 Å². The summed E-state index contributed by atoms with van der Waals surface area (Å²) in [5.41, 5.74) is 4.80. The Bertz CT molecular complexity index is 990. The molecular weight excluding hydrogens is 430 g/mol. The average molecular weight is 453 g/mol. The zero-order valence-corrected chi connectivity index (χ0v) is 18.0. The lowest BCUT2D eigenvalue weighted by molar-refractivity contribution is -0.806. The molecule has 1 aliphatic heterocycles. The van der Waals surface area contributed by atoms with Gasteiger partial charge in [0, 0.05) is 5.56 Å². The Hall–Kier alpha value is -2.76. The summed E-state index contributed by atoms with van der Waals surface area (Å²) >= 11 is 0. The smallest absolute Gasteiger partial charge is 0.161 e. The molecule has 0 atom stereocenters. The van der Waals surface area contributed by atoms with Crippen molar-refractivity contribution >= 4 is 5.76 Å². The molecular formula is C24H23BrNO3-. The zero-order chi connectivity index (χ0) is 19.5. The van der Waals surface area contributed by atoms with E-state index >= 15 is 0 Å². The van der Waals surface area contributed by atoms with E-state index in [1.807, 2.05) is 18.2 Å². The number of hydrogen-bond acceptors (Lipinski definition) is 3. The summed E-state index contributed by atoms with van der Waals surface area (Å²) in [5.74, 6) is 1.30. The second-order valence-corrected chi connectivity index (χ2v) is 6.94. The van der Waals surface area contributed by atoms with E-state index in [1.165, 1.54) is 10.5 Å². The molecule has 4 rings (SSSR count). The Morgan fingerprint density at radius 2 is 1.66 bits per heavy atom. The van der Waals surface area contributed by atoms with E-state index in [0.717, 1.165) is 23.3 Å². The highest BCUT2D eigenvalue weighted by atomic mass is 79.9. The maximum atomic E-state index is 12.8. The van der Waals surface area contributed by atoms with E-state index in [2.05, 4.69) is 48.8 Å². The molecule has 1 aliphatic carbocycles. The number of halogens is 1. The van der Waals surface area contributed by atoms with Gasteiger partial charge in [-0.25, -0.2) is 0 Å². The summed E-state index contributed by atoms with van der Waals surface area (Å²) in [7, 11) is 3.19. The number of benzene rings is 2. The van der Waals surface area contributed by atoms with Crippen LogP contribution in [0.1, 0.15) is 16.7 Å². The molecule has 0 unspecified atom stereocenters. The van der Waals surface area contributed by atoms with Crippen LogP contribution < -0.4 is 36.5 Å². The number of quaternary nitrogens is 1. The normalized spacial score (nSPS) is 17.0. The Labute approximate surface area is 181 Å². The van der Waals surface area contributed by atoms with Crippen LogP contribution in [0.15, 0.2) is 84.2 Å². The first-order valence-electron chi connectivity index (χ1n) is 9.31. The fourth-order valence-corrected chi connectivity index (χ4v) is 3.62. The van der Waals surface area contributed by atoms with Gasteiger partial charge in [0.15, 0.2) is 11.5 Å². The molecule has 0 bridgehead atoms. The van der Waals surface area contributed by atoms with Crippen molar-refractivity contribution in [3.8, 4) is 11.5 Å². The molecule has 4 nitrogen and oxygen atoms in total. The number of hydrogen-bond donors (Lipinski definition) is 1. The Morgan fingerprint density at radius 1 is 1.00 bits per heavy atom. The molecule has 0 amide bonds. The third-order valence-corrected chi connectivity index (χ3v) is 5.10. The number of fused-ring (bicyclic) bond motifs is 1. The van der Waals surface area contributed by atoms with Crippen LogP contribution in [0.3, 0.4) is 0 Å². The first-order valence-corrected chi connectivity index (χ1v) is 9.31. The van der Waals surface area contributed by atoms with E-state index < -0.39 is 0 Å².